The minimum atomic E-state index is -0.542. The van der Waals surface area contributed by atoms with Crippen molar-refractivity contribution in [3.05, 3.63) is 58.9 Å². The van der Waals surface area contributed by atoms with Crippen LogP contribution in [0, 0.1) is 19.7 Å². The number of halogens is 1. The highest BCUT2D eigenvalue weighted by Crippen LogP contribution is 2.35. The van der Waals surface area contributed by atoms with Gasteiger partial charge in [0.25, 0.3) is 5.91 Å². The summed E-state index contributed by atoms with van der Waals surface area (Å²) in [5.74, 6) is -0.140. The van der Waals surface area contributed by atoms with Gasteiger partial charge >= 0.3 is 0 Å². The van der Waals surface area contributed by atoms with E-state index in [4.69, 9.17) is 4.74 Å². The lowest BCUT2D eigenvalue weighted by atomic mass is 10.0. The zero-order valence-corrected chi connectivity index (χ0v) is 17.1. The van der Waals surface area contributed by atoms with Gasteiger partial charge in [0.2, 0.25) is 5.13 Å². The molecule has 0 fully saturated rings. The Labute approximate surface area is 167 Å². The van der Waals surface area contributed by atoms with Crippen molar-refractivity contribution in [2.75, 3.05) is 18.6 Å². The van der Waals surface area contributed by atoms with Gasteiger partial charge in [0.15, 0.2) is 0 Å². The van der Waals surface area contributed by atoms with Gasteiger partial charge in [-0.05, 0) is 55.7 Å². The van der Waals surface area contributed by atoms with Gasteiger partial charge in [0.05, 0.1) is 12.7 Å². The van der Waals surface area contributed by atoms with E-state index in [9.17, 15) is 9.18 Å². The van der Waals surface area contributed by atoms with Gasteiger partial charge in [-0.25, -0.2) is 4.39 Å². The lowest BCUT2D eigenvalue weighted by molar-refractivity contribution is 0.0983. The average molecular weight is 399 g/mol. The largest absolute Gasteiger partial charge is 0.496 e. The summed E-state index contributed by atoms with van der Waals surface area (Å²) in [7, 11) is 1.64. The minimum Gasteiger partial charge on any atom is -0.496 e. The molecule has 0 aliphatic carbocycles. The molecule has 146 valence electrons. The lowest BCUT2D eigenvalue weighted by Gasteiger charge is -2.18. The number of benzene rings is 2. The molecule has 28 heavy (non-hydrogen) atoms. The Balaban J connectivity index is 1.98. The van der Waals surface area contributed by atoms with Crippen LogP contribution in [0.2, 0.25) is 0 Å². The van der Waals surface area contributed by atoms with E-state index in [1.807, 2.05) is 32.9 Å². The maximum Gasteiger partial charge on any atom is 0.263 e. The van der Waals surface area contributed by atoms with Crippen molar-refractivity contribution in [3.63, 3.8) is 0 Å². The molecular weight excluding hydrogens is 377 g/mol. The van der Waals surface area contributed by atoms with Gasteiger partial charge in [0.1, 0.15) is 16.6 Å². The van der Waals surface area contributed by atoms with Crippen LogP contribution in [-0.4, -0.2) is 29.8 Å². The van der Waals surface area contributed by atoms with E-state index in [2.05, 4.69) is 10.2 Å². The molecule has 3 rings (SSSR count). The van der Waals surface area contributed by atoms with Crippen molar-refractivity contribution in [2.45, 2.75) is 27.2 Å². The number of amides is 1. The van der Waals surface area contributed by atoms with Crippen LogP contribution in [0.3, 0.4) is 0 Å². The SMILES string of the molecule is CCCN(C(=O)c1ccccc1F)c1nnc(-c2ccc(OC)c(C)c2C)s1. The summed E-state index contributed by atoms with van der Waals surface area (Å²) in [5.41, 5.74) is 3.05. The number of anilines is 1. The van der Waals surface area contributed by atoms with Crippen molar-refractivity contribution in [3.8, 4) is 16.3 Å². The molecule has 2 aromatic carbocycles. The molecule has 3 aromatic rings. The third kappa shape index (κ3) is 3.75. The van der Waals surface area contributed by atoms with Gasteiger partial charge in [-0.1, -0.05) is 30.4 Å². The Morgan fingerprint density at radius 3 is 2.57 bits per heavy atom. The zero-order chi connectivity index (χ0) is 20.3. The Hall–Kier alpha value is -2.80. The molecule has 0 aliphatic rings. The lowest BCUT2D eigenvalue weighted by Crippen LogP contribution is -2.32. The minimum absolute atomic E-state index is 0.0316. The van der Waals surface area contributed by atoms with Crippen LogP contribution in [0.1, 0.15) is 34.8 Å². The maximum atomic E-state index is 14.1. The molecule has 7 heteroatoms. The van der Waals surface area contributed by atoms with Crippen molar-refractivity contribution >= 4 is 22.4 Å². The fraction of sp³-hybridized carbons (Fsp3) is 0.286. The zero-order valence-electron chi connectivity index (χ0n) is 16.3. The summed E-state index contributed by atoms with van der Waals surface area (Å²) in [5, 5.41) is 9.67. The Kier molecular flexibility index (Phi) is 6.04. The van der Waals surface area contributed by atoms with Crippen LogP contribution in [0.5, 0.6) is 5.75 Å². The number of aromatic nitrogens is 2. The molecule has 0 bridgehead atoms. The van der Waals surface area contributed by atoms with Crippen molar-refractivity contribution in [1.29, 1.82) is 0 Å². The van der Waals surface area contributed by atoms with E-state index in [1.165, 1.54) is 28.4 Å². The van der Waals surface area contributed by atoms with Crippen LogP contribution >= 0.6 is 11.3 Å². The van der Waals surface area contributed by atoms with E-state index < -0.39 is 11.7 Å². The second-order valence-electron chi connectivity index (χ2n) is 6.39. The molecule has 0 saturated heterocycles. The predicted octanol–water partition coefficient (Wildman–Crippen LogP) is 5.03. The van der Waals surface area contributed by atoms with Crippen molar-refractivity contribution < 1.29 is 13.9 Å². The monoisotopic (exact) mass is 399 g/mol. The number of ether oxygens (including phenoxy) is 1. The third-order valence-corrected chi connectivity index (χ3v) is 5.61. The van der Waals surface area contributed by atoms with Crippen LogP contribution < -0.4 is 9.64 Å². The number of hydrogen-bond acceptors (Lipinski definition) is 5. The number of carbonyl (C=O) groups is 1. The summed E-state index contributed by atoms with van der Waals surface area (Å²) >= 11 is 1.32. The molecular formula is C21H22FN3O2S. The third-order valence-electron chi connectivity index (χ3n) is 4.63. The average Bonchev–Trinajstić information content (AvgIpc) is 3.17. The van der Waals surface area contributed by atoms with E-state index in [-0.39, 0.29) is 5.56 Å². The summed E-state index contributed by atoms with van der Waals surface area (Å²) in [6.07, 6.45) is 0.718. The number of nitrogens with zero attached hydrogens (tertiary/aromatic N) is 3. The normalized spacial score (nSPS) is 10.8. The number of methoxy groups -OCH3 is 1. The van der Waals surface area contributed by atoms with Gasteiger partial charge in [-0.3, -0.25) is 9.69 Å². The quantitative estimate of drug-likeness (QED) is 0.584. The fourth-order valence-corrected chi connectivity index (χ4v) is 3.92. The number of carbonyl (C=O) groups excluding carboxylic acids is 1. The van der Waals surface area contributed by atoms with Crippen LogP contribution in [0.25, 0.3) is 10.6 Å². The first-order chi connectivity index (χ1) is 13.5. The molecule has 0 spiro atoms. The highest BCUT2D eigenvalue weighted by molar-refractivity contribution is 7.18. The fourth-order valence-electron chi connectivity index (χ4n) is 2.97. The van der Waals surface area contributed by atoms with Gasteiger partial charge in [-0.2, -0.15) is 0 Å². The highest BCUT2D eigenvalue weighted by atomic mass is 32.1. The van der Waals surface area contributed by atoms with Crippen molar-refractivity contribution in [1.82, 2.24) is 10.2 Å². The number of rotatable bonds is 6. The molecule has 0 saturated carbocycles. The Morgan fingerprint density at radius 2 is 1.89 bits per heavy atom. The smallest absolute Gasteiger partial charge is 0.263 e. The van der Waals surface area contributed by atoms with Crippen molar-refractivity contribution in [2.24, 2.45) is 0 Å². The highest BCUT2D eigenvalue weighted by Gasteiger charge is 2.24. The summed E-state index contributed by atoms with van der Waals surface area (Å²) in [4.78, 5) is 14.4. The molecule has 1 amide bonds. The second-order valence-corrected chi connectivity index (χ2v) is 7.35. The molecule has 0 unspecified atom stereocenters. The molecule has 0 N–H and O–H groups in total. The molecule has 0 radical (unpaired) electrons. The first kappa shape index (κ1) is 19.9. The summed E-state index contributed by atoms with van der Waals surface area (Å²) in [6, 6.07) is 9.82. The first-order valence-corrected chi connectivity index (χ1v) is 9.84. The molecule has 5 nitrogen and oxygen atoms in total. The number of hydrogen-bond donors (Lipinski definition) is 0. The predicted molar refractivity (Wildman–Crippen MR) is 110 cm³/mol. The molecule has 1 aromatic heterocycles. The first-order valence-electron chi connectivity index (χ1n) is 9.02. The van der Waals surface area contributed by atoms with E-state index in [1.54, 1.807) is 19.2 Å². The van der Waals surface area contributed by atoms with Crippen LogP contribution in [0.15, 0.2) is 36.4 Å². The topological polar surface area (TPSA) is 55.3 Å². The van der Waals surface area contributed by atoms with Crippen LogP contribution in [0.4, 0.5) is 9.52 Å². The van der Waals surface area contributed by atoms with E-state index >= 15 is 0 Å². The Morgan fingerprint density at radius 1 is 1.14 bits per heavy atom. The second kappa shape index (κ2) is 8.48. The van der Waals surface area contributed by atoms with Crippen LogP contribution in [-0.2, 0) is 0 Å². The molecule has 0 atom stereocenters. The summed E-state index contributed by atoms with van der Waals surface area (Å²) < 4.78 is 19.5. The van der Waals surface area contributed by atoms with Gasteiger partial charge in [0, 0.05) is 12.1 Å². The molecule has 0 aliphatic heterocycles. The van der Waals surface area contributed by atoms with Gasteiger partial charge < -0.3 is 4.74 Å². The molecule has 1 heterocycles. The van der Waals surface area contributed by atoms with E-state index in [0.717, 1.165) is 28.9 Å². The van der Waals surface area contributed by atoms with E-state index in [0.29, 0.717) is 16.7 Å². The Bertz CT molecular complexity index is 1000. The summed E-state index contributed by atoms with van der Waals surface area (Å²) in [6.45, 7) is 6.39. The van der Waals surface area contributed by atoms with Gasteiger partial charge in [-0.15, -0.1) is 10.2 Å². The maximum absolute atomic E-state index is 14.1. The standard InChI is InChI=1S/C21H22FN3O2S/c1-5-12-25(20(26)16-8-6-7-9-17(16)22)21-24-23-19(28-21)15-10-11-18(27-4)14(3)13(15)2/h6-11H,5,12H2,1-4H3.